The molecule has 0 saturated carbocycles. The van der Waals surface area contributed by atoms with Gasteiger partial charge in [-0.05, 0) is 12.0 Å². The molecule has 0 fully saturated rings. The Morgan fingerprint density at radius 2 is 2.07 bits per heavy atom. The molecule has 5 heteroatoms. The van der Waals surface area contributed by atoms with E-state index in [4.69, 9.17) is 0 Å². The van der Waals surface area contributed by atoms with Crippen molar-refractivity contribution in [2.45, 2.75) is 13.3 Å². The zero-order valence-corrected chi connectivity index (χ0v) is 8.81. The second kappa shape index (κ2) is 4.08. The summed E-state index contributed by atoms with van der Waals surface area (Å²) in [5.41, 5.74) is 1.13. The van der Waals surface area contributed by atoms with Gasteiger partial charge in [0.25, 0.3) is 0 Å². The molecule has 0 unspecified atom stereocenters. The summed E-state index contributed by atoms with van der Waals surface area (Å²) >= 11 is 0. The topological polar surface area (TPSA) is 55.6 Å². The number of anilines is 2. The zero-order chi connectivity index (χ0) is 10.7. The summed E-state index contributed by atoms with van der Waals surface area (Å²) in [4.78, 5) is 8.37. The molecule has 0 atom stereocenters. The predicted molar refractivity (Wildman–Crippen MR) is 57.9 cm³/mol. The molecule has 2 rings (SSSR count). The first-order valence-electron chi connectivity index (χ1n) is 4.85. The summed E-state index contributed by atoms with van der Waals surface area (Å²) in [5, 5.41) is 7.20. The van der Waals surface area contributed by atoms with E-state index in [-0.39, 0.29) is 0 Å². The molecule has 2 heterocycles. The van der Waals surface area contributed by atoms with Crippen LogP contribution >= 0.6 is 0 Å². The average Bonchev–Trinajstić information content (AvgIpc) is 2.65. The maximum atomic E-state index is 4.18. The van der Waals surface area contributed by atoms with Gasteiger partial charge in [0, 0.05) is 31.7 Å². The number of nitrogens with one attached hydrogen (secondary N) is 1. The third-order valence-corrected chi connectivity index (χ3v) is 2.07. The molecule has 0 saturated heterocycles. The molecule has 0 aromatic carbocycles. The zero-order valence-electron chi connectivity index (χ0n) is 8.81. The van der Waals surface area contributed by atoms with Crippen LogP contribution in [0.5, 0.6) is 0 Å². The van der Waals surface area contributed by atoms with E-state index in [1.54, 1.807) is 4.68 Å². The van der Waals surface area contributed by atoms with E-state index in [2.05, 4.69) is 27.3 Å². The number of aromatic nitrogens is 4. The quantitative estimate of drug-likeness (QED) is 0.821. The fourth-order valence-corrected chi connectivity index (χ4v) is 1.20. The first kappa shape index (κ1) is 9.64. The molecule has 5 nitrogen and oxygen atoms in total. The van der Waals surface area contributed by atoms with E-state index < -0.39 is 0 Å². The Hall–Kier alpha value is -1.91. The van der Waals surface area contributed by atoms with Crippen molar-refractivity contribution < 1.29 is 0 Å². The lowest BCUT2D eigenvalue weighted by molar-refractivity contribution is 0.770. The van der Waals surface area contributed by atoms with Gasteiger partial charge >= 0.3 is 0 Å². The minimum Gasteiger partial charge on any atom is -0.307 e. The van der Waals surface area contributed by atoms with E-state index in [1.165, 1.54) is 0 Å². The summed E-state index contributed by atoms with van der Waals surface area (Å²) in [5.74, 6) is 1.33. The number of nitrogens with zero attached hydrogens (tertiary/aromatic N) is 4. The second-order valence-corrected chi connectivity index (χ2v) is 3.27. The van der Waals surface area contributed by atoms with E-state index in [1.807, 2.05) is 31.7 Å². The van der Waals surface area contributed by atoms with Crippen LogP contribution in [0.1, 0.15) is 12.5 Å². The van der Waals surface area contributed by atoms with Crippen molar-refractivity contribution in [3.63, 3.8) is 0 Å². The molecular formula is C10H13N5. The van der Waals surface area contributed by atoms with E-state index in [0.717, 1.165) is 17.8 Å². The van der Waals surface area contributed by atoms with Crippen molar-refractivity contribution >= 4 is 11.8 Å². The van der Waals surface area contributed by atoms with Gasteiger partial charge in [-0.15, -0.1) is 0 Å². The normalized spacial score (nSPS) is 10.3. The van der Waals surface area contributed by atoms with Crippen LogP contribution in [0, 0.1) is 0 Å². The number of aryl methyl sites for hydroxylation is 2. The molecule has 15 heavy (non-hydrogen) atoms. The molecule has 1 N–H and O–H groups in total. The first-order valence-corrected chi connectivity index (χ1v) is 4.85. The van der Waals surface area contributed by atoms with Crippen molar-refractivity contribution in [1.29, 1.82) is 0 Å². The Kier molecular flexibility index (Phi) is 2.62. The van der Waals surface area contributed by atoms with E-state index in [9.17, 15) is 0 Å². The molecule has 0 amide bonds. The van der Waals surface area contributed by atoms with Crippen molar-refractivity contribution in [3.05, 3.63) is 30.2 Å². The minimum absolute atomic E-state index is 0.575. The van der Waals surface area contributed by atoms with Crippen LogP contribution in [0.2, 0.25) is 0 Å². The van der Waals surface area contributed by atoms with Gasteiger partial charge < -0.3 is 5.32 Å². The Morgan fingerprint density at radius 1 is 1.33 bits per heavy atom. The molecule has 0 aliphatic heterocycles. The van der Waals surface area contributed by atoms with Crippen molar-refractivity contribution in [3.8, 4) is 0 Å². The highest BCUT2D eigenvalue weighted by Gasteiger charge is 1.99. The Balaban J connectivity index is 2.11. The third kappa shape index (κ3) is 2.31. The SMILES string of the molecule is CCc1cnc(Nc2ccn(C)n2)nc1. The number of hydrogen-bond acceptors (Lipinski definition) is 4. The number of hydrogen-bond donors (Lipinski definition) is 1. The van der Waals surface area contributed by atoms with Gasteiger partial charge in [0.1, 0.15) is 0 Å². The molecule has 0 spiro atoms. The van der Waals surface area contributed by atoms with E-state index in [0.29, 0.717) is 5.95 Å². The summed E-state index contributed by atoms with van der Waals surface area (Å²) in [6.07, 6.45) is 6.45. The Morgan fingerprint density at radius 3 is 2.60 bits per heavy atom. The summed E-state index contributed by atoms with van der Waals surface area (Å²) in [6.45, 7) is 2.07. The van der Waals surface area contributed by atoms with Gasteiger partial charge in [0.15, 0.2) is 5.82 Å². The third-order valence-electron chi connectivity index (χ3n) is 2.07. The fraction of sp³-hybridized carbons (Fsp3) is 0.300. The highest BCUT2D eigenvalue weighted by molar-refractivity contribution is 5.46. The highest BCUT2D eigenvalue weighted by Crippen LogP contribution is 2.08. The smallest absolute Gasteiger partial charge is 0.228 e. The number of rotatable bonds is 3. The molecule has 0 aliphatic rings. The van der Waals surface area contributed by atoms with Crippen LogP contribution in [-0.4, -0.2) is 19.7 Å². The van der Waals surface area contributed by atoms with Crippen molar-refractivity contribution in [2.24, 2.45) is 7.05 Å². The van der Waals surface area contributed by atoms with Gasteiger partial charge in [-0.2, -0.15) is 5.10 Å². The Labute approximate surface area is 88.2 Å². The molecule has 78 valence electrons. The molecule has 2 aromatic rings. The average molecular weight is 203 g/mol. The fourth-order valence-electron chi connectivity index (χ4n) is 1.20. The summed E-state index contributed by atoms with van der Waals surface area (Å²) in [6, 6.07) is 1.87. The van der Waals surface area contributed by atoms with Gasteiger partial charge in [0.05, 0.1) is 0 Å². The van der Waals surface area contributed by atoms with Crippen LogP contribution in [-0.2, 0) is 13.5 Å². The maximum absolute atomic E-state index is 4.18. The lowest BCUT2D eigenvalue weighted by atomic mass is 10.3. The molecule has 0 aliphatic carbocycles. The summed E-state index contributed by atoms with van der Waals surface area (Å²) in [7, 11) is 1.87. The molecular weight excluding hydrogens is 190 g/mol. The highest BCUT2D eigenvalue weighted by atomic mass is 15.3. The van der Waals surface area contributed by atoms with Crippen LogP contribution in [0.3, 0.4) is 0 Å². The monoisotopic (exact) mass is 203 g/mol. The molecule has 2 aromatic heterocycles. The lowest BCUT2D eigenvalue weighted by Gasteiger charge is -2.01. The van der Waals surface area contributed by atoms with Crippen LogP contribution in [0.15, 0.2) is 24.7 Å². The molecule has 0 radical (unpaired) electrons. The van der Waals surface area contributed by atoms with Gasteiger partial charge in [-0.1, -0.05) is 6.92 Å². The van der Waals surface area contributed by atoms with Crippen molar-refractivity contribution in [2.75, 3.05) is 5.32 Å². The summed E-state index contributed by atoms with van der Waals surface area (Å²) < 4.78 is 1.72. The van der Waals surface area contributed by atoms with Crippen LogP contribution < -0.4 is 5.32 Å². The van der Waals surface area contributed by atoms with Gasteiger partial charge in [-0.25, -0.2) is 9.97 Å². The van der Waals surface area contributed by atoms with E-state index >= 15 is 0 Å². The predicted octanol–water partition coefficient (Wildman–Crippen LogP) is 1.52. The standard InChI is InChI=1S/C10H13N5/c1-3-8-6-11-10(12-7-8)13-9-4-5-15(2)14-9/h4-7H,3H2,1-2H3,(H,11,12,13,14). The first-order chi connectivity index (χ1) is 7.28. The largest absolute Gasteiger partial charge is 0.307 e. The second-order valence-electron chi connectivity index (χ2n) is 3.27. The Bertz CT molecular complexity index is 431. The molecule has 0 bridgehead atoms. The lowest BCUT2D eigenvalue weighted by Crippen LogP contribution is -1.99. The van der Waals surface area contributed by atoms with Crippen LogP contribution in [0.25, 0.3) is 0 Å². The minimum atomic E-state index is 0.575. The van der Waals surface area contributed by atoms with Gasteiger partial charge in [-0.3, -0.25) is 4.68 Å². The maximum Gasteiger partial charge on any atom is 0.228 e. The van der Waals surface area contributed by atoms with Crippen LogP contribution in [0.4, 0.5) is 11.8 Å². The van der Waals surface area contributed by atoms with Gasteiger partial charge in [0.2, 0.25) is 5.95 Å². The van der Waals surface area contributed by atoms with Crippen molar-refractivity contribution in [1.82, 2.24) is 19.7 Å².